The molecule has 3 nitrogen and oxygen atoms in total. The van der Waals surface area contributed by atoms with Crippen molar-refractivity contribution in [1.29, 1.82) is 0 Å². The van der Waals surface area contributed by atoms with Crippen molar-refractivity contribution in [2.24, 2.45) is 17.8 Å². The predicted octanol–water partition coefficient (Wildman–Crippen LogP) is 2.64. The molecule has 0 bridgehead atoms. The van der Waals surface area contributed by atoms with E-state index in [1.807, 2.05) is 6.92 Å². The number of carbonyl (C=O) groups is 1. The highest BCUT2D eigenvalue weighted by Crippen LogP contribution is 2.38. The lowest BCUT2D eigenvalue weighted by Crippen LogP contribution is -2.50. The van der Waals surface area contributed by atoms with E-state index in [1.54, 1.807) is 12.1 Å². The third-order valence-electron chi connectivity index (χ3n) is 5.08. The molecule has 2 atom stereocenters. The zero-order valence-corrected chi connectivity index (χ0v) is 12.4. The molecular weight excluding hydrogens is 267 g/mol. The normalized spacial score (nSPS) is 22.0. The highest BCUT2D eigenvalue weighted by Gasteiger charge is 2.34. The summed E-state index contributed by atoms with van der Waals surface area (Å²) >= 11 is 0. The number of rotatable bonds is 5. The summed E-state index contributed by atoms with van der Waals surface area (Å²) < 4.78 is 13.1. The Bertz CT molecular complexity index is 494. The quantitative estimate of drug-likeness (QED) is 0.875. The average Bonchev–Trinajstić information content (AvgIpc) is 2.34. The molecule has 0 spiro atoms. The number of hydrogen-bond acceptors (Lipinski definition) is 2. The molecule has 3 rings (SSSR count). The van der Waals surface area contributed by atoms with Gasteiger partial charge in [0.1, 0.15) is 5.82 Å². The van der Waals surface area contributed by atoms with Crippen LogP contribution >= 0.6 is 0 Å². The van der Waals surface area contributed by atoms with Gasteiger partial charge in [0, 0.05) is 5.92 Å². The fourth-order valence-electron chi connectivity index (χ4n) is 3.08. The van der Waals surface area contributed by atoms with E-state index in [2.05, 4.69) is 10.6 Å². The Kier molecular flexibility index (Phi) is 4.24. The van der Waals surface area contributed by atoms with Crippen molar-refractivity contribution >= 4 is 5.91 Å². The average molecular weight is 290 g/mol. The first kappa shape index (κ1) is 14.5. The van der Waals surface area contributed by atoms with Crippen LogP contribution in [0.2, 0.25) is 0 Å². The van der Waals surface area contributed by atoms with Crippen molar-refractivity contribution in [2.75, 3.05) is 13.1 Å². The monoisotopic (exact) mass is 290 g/mol. The maximum atomic E-state index is 13.1. The summed E-state index contributed by atoms with van der Waals surface area (Å²) in [5.41, 5.74) is 1.02. The molecule has 1 aromatic carbocycles. The number of halogens is 1. The predicted molar refractivity (Wildman–Crippen MR) is 80.1 cm³/mol. The molecule has 1 aromatic rings. The number of carbonyl (C=O) groups excluding carboxylic acids is 1. The standard InChI is InChI=1S/C17H23FN2O/c1-11(14-9-19-10-14)17(21)20-16(12-3-2-4-12)13-5-7-15(18)8-6-13/h5-8,11-12,14,16,19H,2-4,9-10H2,1H3,(H,20,21). The fourth-order valence-corrected chi connectivity index (χ4v) is 3.08. The summed E-state index contributed by atoms with van der Waals surface area (Å²) in [5, 5.41) is 6.43. The molecule has 1 aliphatic heterocycles. The van der Waals surface area contributed by atoms with Gasteiger partial charge in [-0.25, -0.2) is 4.39 Å². The van der Waals surface area contributed by atoms with Crippen LogP contribution in [0.5, 0.6) is 0 Å². The van der Waals surface area contributed by atoms with Crippen LogP contribution in [0.15, 0.2) is 24.3 Å². The molecule has 2 unspecified atom stereocenters. The van der Waals surface area contributed by atoms with E-state index in [-0.39, 0.29) is 23.7 Å². The van der Waals surface area contributed by atoms with Crippen molar-refractivity contribution in [1.82, 2.24) is 10.6 Å². The number of benzene rings is 1. The maximum Gasteiger partial charge on any atom is 0.223 e. The van der Waals surface area contributed by atoms with Crippen LogP contribution < -0.4 is 10.6 Å². The second kappa shape index (κ2) is 6.14. The minimum atomic E-state index is -0.230. The van der Waals surface area contributed by atoms with Crippen LogP contribution in [-0.2, 0) is 4.79 Å². The molecular formula is C17H23FN2O. The van der Waals surface area contributed by atoms with Crippen LogP contribution in [0.4, 0.5) is 4.39 Å². The highest BCUT2D eigenvalue weighted by atomic mass is 19.1. The van der Waals surface area contributed by atoms with Gasteiger partial charge in [0.15, 0.2) is 0 Å². The molecule has 0 radical (unpaired) electrons. The highest BCUT2D eigenvalue weighted by molar-refractivity contribution is 5.79. The summed E-state index contributed by atoms with van der Waals surface area (Å²) in [7, 11) is 0. The largest absolute Gasteiger partial charge is 0.349 e. The van der Waals surface area contributed by atoms with Gasteiger partial charge in [0.25, 0.3) is 0 Å². The molecule has 21 heavy (non-hydrogen) atoms. The van der Waals surface area contributed by atoms with E-state index in [4.69, 9.17) is 0 Å². The molecule has 1 aliphatic carbocycles. The Morgan fingerprint density at radius 2 is 1.90 bits per heavy atom. The summed E-state index contributed by atoms with van der Waals surface area (Å²) in [6.45, 7) is 3.86. The molecule has 0 aromatic heterocycles. The van der Waals surface area contributed by atoms with Gasteiger partial charge in [0.2, 0.25) is 5.91 Å². The van der Waals surface area contributed by atoms with Gasteiger partial charge in [0.05, 0.1) is 6.04 Å². The molecule has 1 heterocycles. The van der Waals surface area contributed by atoms with Gasteiger partial charge < -0.3 is 10.6 Å². The third-order valence-corrected chi connectivity index (χ3v) is 5.08. The first-order valence-corrected chi connectivity index (χ1v) is 7.91. The third kappa shape index (κ3) is 3.10. The Hall–Kier alpha value is -1.42. The lowest BCUT2D eigenvalue weighted by atomic mass is 9.76. The lowest BCUT2D eigenvalue weighted by Gasteiger charge is -2.37. The summed E-state index contributed by atoms with van der Waals surface area (Å²) in [4.78, 5) is 12.5. The maximum absolute atomic E-state index is 13.1. The Balaban J connectivity index is 1.70. The number of amides is 1. The molecule has 2 fully saturated rings. The molecule has 114 valence electrons. The summed E-state index contributed by atoms with van der Waals surface area (Å²) in [6.07, 6.45) is 3.50. The van der Waals surface area contributed by atoms with Crippen LogP contribution in [0.25, 0.3) is 0 Å². The van der Waals surface area contributed by atoms with Crippen LogP contribution in [0, 0.1) is 23.6 Å². The van der Waals surface area contributed by atoms with Gasteiger partial charge in [-0.15, -0.1) is 0 Å². The van der Waals surface area contributed by atoms with Crippen molar-refractivity contribution in [3.05, 3.63) is 35.6 Å². The summed E-state index contributed by atoms with van der Waals surface area (Å²) in [6, 6.07) is 6.59. The second-order valence-corrected chi connectivity index (χ2v) is 6.44. The topological polar surface area (TPSA) is 41.1 Å². The van der Waals surface area contributed by atoms with Crippen LogP contribution in [0.3, 0.4) is 0 Å². The molecule has 1 amide bonds. The lowest BCUT2D eigenvalue weighted by molar-refractivity contribution is -0.128. The Labute approximate surface area is 125 Å². The van der Waals surface area contributed by atoms with Crippen molar-refractivity contribution in [3.8, 4) is 0 Å². The molecule has 4 heteroatoms. The first-order chi connectivity index (χ1) is 10.1. The Morgan fingerprint density at radius 3 is 2.38 bits per heavy atom. The van der Waals surface area contributed by atoms with E-state index in [9.17, 15) is 9.18 Å². The smallest absolute Gasteiger partial charge is 0.223 e. The number of nitrogens with one attached hydrogen (secondary N) is 2. The van der Waals surface area contributed by atoms with Gasteiger partial charge in [-0.05, 0) is 55.5 Å². The second-order valence-electron chi connectivity index (χ2n) is 6.44. The minimum absolute atomic E-state index is 0.0299. The van der Waals surface area contributed by atoms with Gasteiger partial charge in [-0.3, -0.25) is 4.79 Å². The van der Waals surface area contributed by atoms with E-state index in [0.717, 1.165) is 31.5 Å². The van der Waals surface area contributed by atoms with Crippen LogP contribution in [0.1, 0.15) is 37.8 Å². The van der Waals surface area contributed by atoms with E-state index < -0.39 is 0 Å². The Morgan fingerprint density at radius 1 is 1.24 bits per heavy atom. The van der Waals surface area contributed by atoms with Crippen molar-refractivity contribution in [2.45, 2.75) is 32.2 Å². The molecule has 2 aliphatic rings. The van der Waals surface area contributed by atoms with Crippen molar-refractivity contribution < 1.29 is 9.18 Å². The molecule has 1 saturated carbocycles. The first-order valence-electron chi connectivity index (χ1n) is 7.91. The van der Waals surface area contributed by atoms with E-state index in [0.29, 0.717) is 11.8 Å². The minimum Gasteiger partial charge on any atom is -0.349 e. The van der Waals surface area contributed by atoms with Gasteiger partial charge in [-0.1, -0.05) is 25.5 Å². The zero-order valence-electron chi connectivity index (χ0n) is 12.4. The number of hydrogen-bond donors (Lipinski definition) is 2. The van der Waals surface area contributed by atoms with Crippen LogP contribution in [-0.4, -0.2) is 19.0 Å². The SMILES string of the molecule is CC(C(=O)NC(c1ccc(F)cc1)C1CCC1)C1CNC1. The van der Waals surface area contributed by atoms with E-state index in [1.165, 1.54) is 18.6 Å². The van der Waals surface area contributed by atoms with Crippen molar-refractivity contribution in [3.63, 3.8) is 0 Å². The van der Waals surface area contributed by atoms with Gasteiger partial charge in [-0.2, -0.15) is 0 Å². The van der Waals surface area contributed by atoms with E-state index >= 15 is 0 Å². The zero-order chi connectivity index (χ0) is 14.8. The van der Waals surface area contributed by atoms with Gasteiger partial charge >= 0.3 is 0 Å². The summed E-state index contributed by atoms with van der Waals surface area (Å²) in [5.74, 6) is 0.870. The fraction of sp³-hybridized carbons (Fsp3) is 0.588. The molecule has 2 N–H and O–H groups in total. The molecule has 1 saturated heterocycles.